The van der Waals surface area contributed by atoms with Crippen molar-refractivity contribution in [2.75, 3.05) is 11.9 Å². The van der Waals surface area contributed by atoms with E-state index >= 15 is 0 Å². The molecule has 1 N–H and O–H groups in total. The van der Waals surface area contributed by atoms with Crippen LogP contribution in [-0.2, 0) is 4.74 Å². The number of carbonyl (C=O) groups is 2. The van der Waals surface area contributed by atoms with E-state index < -0.39 is 11.9 Å². The number of ether oxygens (including phenoxy) is 1. The zero-order valence-electron chi connectivity index (χ0n) is 15.6. The summed E-state index contributed by atoms with van der Waals surface area (Å²) in [6.07, 6.45) is 0. The second kappa shape index (κ2) is 7.19. The average Bonchev–Trinajstić information content (AvgIpc) is 3.06. The number of para-hydroxylation sites is 1. The van der Waals surface area contributed by atoms with Gasteiger partial charge in [0.25, 0.3) is 5.91 Å². The Bertz CT molecular complexity index is 1210. The molecule has 0 radical (unpaired) electrons. The molecule has 140 valence electrons. The highest BCUT2D eigenvalue weighted by molar-refractivity contribution is 6.12. The second-order valence-electron chi connectivity index (χ2n) is 6.44. The molecule has 1 amide bonds. The van der Waals surface area contributed by atoms with Gasteiger partial charge in [0.05, 0.1) is 17.9 Å². The molecule has 3 aromatic carbocycles. The number of esters is 1. The molecule has 0 saturated carbocycles. The van der Waals surface area contributed by atoms with Gasteiger partial charge in [0, 0.05) is 16.3 Å². The van der Waals surface area contributed by atoms with Crippen molar-refractivity contribution in [2.24, 2.45) is 0 Å². The molecule has 1 heterocycles. The first-order valence-electron chi connectivity index (χ1n) is 9.08. The SMILES string of the molecule is CCOC(=O)c1ccccc1NC(=O)c1oc2c(ccc3ccccc32)c1C. The number of furan rings is 1. The normalized spacial score (nSPS) is 10.9. The summed E-state index contributed by atoms with van der Waals surface area (Å²) >= 11 is 0. The van der Waals surface area contributed by atoms with E-state index in [0.29, 0.717) is 16.8 Å². The zero-order chi connectivity index (χ0) is 19.7. The predicted octanol–water partition coefficient (Wildman–Crippen LogP) is 5.32. The lowest BCUT2D eigenvalue weighted by atomic mass is 10.1. The van der Waals surface area contributed by atoms with Gasteiger partial charge in [-0.25, -0.2) is 4.79 Å². The first kappa shape index (κ1) is 17.8. The first-order valence-corrected chi connectivity index (χ1v) is 9.08. The van der Waals surface area contributed by atoms with Crippen molar-refractivity contribution < 1.29 is 18.7 Å². The van der Waals surface area contributed by atoms with Gasteiger partial charge in [-0.3, -0.25) is 4.79 Å². The fraction of sp³-hybridized carbons (Fsp3) is 0.130. The Morgan fingerprint density at radius 2 is 1.71 bits per heavy atom. The Hall–Kier alpha value is -3.60. The van der Waals surface area contributed by atoms with Crippen molar-refractivity contribution >= 4 is 39.3 Å². The quantitative estimate of drug-likeness (QED) is 0.491. The molecule has 0 aliphatic heterocycles. The van der Waals surface area contributed by atoms with Crippen LogP contribution in [0.4, 0.5) is 5.69 Å². The number of nitrogens with one attached hydrogen (secondary N) is 1. The first-order chi connectivity index (χ1) is 13.6. The van der Waals surface area contributed by atoms with Crippen molar-refractivity contribution in [3.8, 4) is 0 Å². The van der Waals surface area contributed by atoms with Gasteiger partial charge in [-0.2, -0.15) is 0 Å². The van der Waals surface area contributed by atoms with Crippen molar-refractivity contribution in [3.05, 3.63) is 77.6 Å². The smallest absolute Gasteiger partial charge is 0.340 e. The van der Waals surface area contributed by atoms with E-state index in [9.17, 15) is 9.59 Å². The highest BCUT2D eigenvalue weighted by atomic mass is 16.5. The number of rotatable bonds is 4. The number of fused-ring (bicyclic) bond motifs is 3. The van der Waals surface area contributed by atoms with Crippen molar-refractivity contribution in [1.29, 1.82) is 0 Å². The van der Waals surface area contributed by atoms with E-state index in [2.05, 4.69) is 5.32 Å². The standard InChI is InChI=1S/C23H19NO4/c1-3-27-23(26)18-10-6-7-11-19(18)24-22(25)20-14(2)16-13-12-15-8-4-5-9-17(15)21(16)28-20/h4-13H,3H2,1-2H3,(H,24,25). The maximum atomic E-state index is 12.9. The Morgan fingerprint density at radius 3 is 2.54 bits per heavy atom. The molecule has 5 nitrogen and oxygen atoms in total. The highest BCUT2D eigenvalue weighted by Gasteiger charge is 2.21. The van der Waals surface area contributed by atoms with E-state index in [1.807, 2.05) is 43.3 Å². The van der Waals surface area contributed by atoms with Gasteiger partial charge >= 0.3 is 5.97 Å². The maximum absolute atomic E-state index is 12.9. The van der Waals surface area contributed by atoms with Crippen molar-refractivity contribution in [3.63, 3.8) is 0 Å². The summed E-state index contributed by atoms with van der Waals surface area (Å²) in [5, 5.41) is 5.67. The molecule has 1 aromatic heterocycles. The fourth-order valence-electron chi connectivity index (χ4n) is 3.32. The van der Waals surface area contributed by atoms with Gasteiger partial charge in [0.2, 0.25) is 0 Å². The van der Waals surface area contributed by atoms with Gasteiger partial charge in [-0.15, -0.1) is 0 Å². The molecule has 28 heavy (non-hydrogen) atoms. The Kier molecular flexibility index (Phi) is 4.57. The third kappa shape index (κ3) is 3.01. The van der Waals surface area contributed by atoms with E-state index in [1.165, 1.54) is 0 Å². The molecule has 0 aliphatic rings. The monoisotopic (exact) mass is 373 g/mol. The molecule has 0 atom stereocenters. The van der Waals surface area contributed by atoms with Crippen LogP contribution in [0, 0.1) is 6.92 Å². The summed E-state index contributed by atoms with van der Waals surface area (Å²) in [5.41, 5.74) is 2.12. The summed E-state index contributed by atoms with van der Waals surface area (Å²) in [5.74, 6) is -0.662. The number of aryl methyl sites for hydroxylation is 1. The molecular formula is C23H19NO4. The van der Waals surface area contributed by atoms with Crippen LogP contribution in [0.2, 0.25) is 0 Å². The second-order valence-corrected chi connectivity index (χ2v) is 6.44. The number of hydrogen-bond donors (Lipinski definition) is 1. The number of benzene rings is 3. The van der Waals surface area contributed by atoms with Gasteiger partial charge in [0.15, 0.2) is 5.76 Å². The topological polar surface area (TPSA) is 68.5 Å². The highest BCUT2D eigenvalue weighted by Crippen LogP contribution is 2.32. The van der Waals surface area contributed by atoms with Crippen molar-refractivity contribution in [2.45, 2.75) is 13.8 Å². The minimum Gasteiger partial charge on any atom is -0.462 e. The average molecular weight is 373 g/mol. The lowest BCUT2D eigenvalue weighted by Crippen LogP contribution is -2.16. The minimum atomic E-state index is -0.481. The van der Waals surface area contributed by atoms with Gasteiger partial charge in [0.1, 0.15) is 5.58 Å². The lowest BCUT2D eigenvalue weighted by Gasteiger charge is -2.09. The Labute approximate surface area is 161 Å². The lowest BCUT2D eigenvalue weighted by molar-refractivity contribution is 0.0527. The van der Waals surface area contributed by atoms with Crippen LogP contribution in [0.3, 0.4) is 0 Å². The zero-order valence-corrected chi connectivity index (χ0v) is 15.6. The van der Waals surface area contributed by atoms with Crippen LogP contribution in [-0.4, -0.2) is 18.5 Å². The van der Waals surface area contributed by atoms with Crippen LogP contribution >= 0.6 is 0 Å². The third-order valence-electron chi connectivity index (χ3n) is 4.71. The molecule has 5 heteroatoms. The molecule has 0 fully saturated rings. The largest absolute Gasteiger partial charge is 0.462 e. The number of carbonyl (C=O) groups excluding carboxylic acids is 2. The molecule has 0 unspecified atom stereocenters. The number of amides is 1. The number of hydrogen-bond acceptors (Lipinski definition) is 4. The minimum absolute atomic E-state index is 0.227. The summed E-state index contributed by atoms with van der Waals surface area (Å²) in [4.78, 5) is 25.1. The van der Waals surface area contributed by atoms with E-state index in [4.69, 9.17) is 9.15 Å². The summed E-state index contributed by atoms with van der Waals surface area (Å²) < 4.78 is 11.0. The van der Waals surface area contributed by atoms with Crippen LogP contribution in [0.25, 0.3) is 21.7 Å². The molecule has 4 aromatic rings. The molecule has 0 bridgehead atoms. The summed E-state index contributed by atoms with van der Waals surface area (Å²) in [7, 11) is 0. The fourth-order valence-corrected chi connectivity index (χ4v) is 3.32. The van der Waals surface area contributed by atoms with E-state index in [-0.39, 0.29) is 12.4 Å². The number of anilines is 1. The van der Waals surface area contributed by atoms with Crippen molar-refractivity contribution in [1.82, 2.24) is 0 Å². The van der Waals surface area contributed by atoms with E-state index in [1.54, 1.807) is 31.2 Å². The maximum Gasteiger partial charge on any atom is 0.340 e. The van der Waals surface area contributed by atoms with Gasteiger partial charge in [-0.1, -0.05) is 48.5 Å². The van der Waals surface area contributed by atoms with Crippen LogP contribution in [0.5, 0.6) is 0 Å². The summed E-state index contributed by atoms with van der Waals surface area (Å²) in [6, 6.07) is 18.6. The van der Waals surface area contributed by atoms with E-state index in [0.717, 1.165) is 21.7 Å². The van der Waals surface area contributed by atoms with Gasteiger partial charge < -0.3 is 14.5 Å². The van der Waals surface area contributed by atoms with Crippen LogP contribution < -0.4 is 5.32 Å². The summed E-state index contributed by atoms with van der Waals surface area (Å²) in [6.45, 7) is 3.85. The molecule has 4 rings (SSSR count). The van der Waals surface area contributed by atoms with Crippen LogP contribution in [0.15, 0.2) is 65.1 Å². The molecule has 0 saturated heterocycles. The third-order valence-corrected chi connectivity index (χ3v) is 4.71. The Balaban J connectivity index is 1.74. The molecular weight excluding hydrogens is 354 g/mol. The van der Waals surface area contributed by atoms with Gasteiger partial charge in [-0.05, 0) is 31.4 Å². The Morgan fingerprint density at radius 1 is 0.964 bits per heavy atom. The molecule has 0 spiro atoms. The molecule has 0 aliphatic carbocycles. The predicted molar refractivity (Wildman–Crippen MR) is 109 cm³/mol. The van der Waals surface area contributed by atoms with Crippen LogP contribution in [0.1, 0.15) is 33.4 Å².